The van der Waals surface area contributed by atoms with Gasteiger partial charge in [-0.1, -0.05) is 60.1 Å². The molecule has 0 amide bonds. The van der Waals surface area contributed by atoms with Crippen molar-refractivity contribution in [3.05, 3.63) is 101 Å². The minimum atomic E-state index is 0.548. The van der Waals surface area contributed by atoms with Gasteiger partial charge in [0, 0.05) is 22.7 Å². The summed E-state index contributed by atoms with van der Waals surface area (Å²) < 4.78 is 0.816. The van der Waals surface area contributed by atoms with Crippen LogP contribution in [0.15, 0.2) is 89.9 Å². The highest BCUT2D eigenvalue weighted by atomic mass is 35.5. The number of para-hydroxylation sites is 2. The highest BCUT2D eigenvalue weighted by molar-refractivity contribution is 6.37. The molecule has 3 aromatic rings. The van der Waals surface area contributed by atoms with Crippen LogP contribution in [-0.4, -0.2) is 16.7 Å². The van der Waals surface area contributed by atoms with Gasteiger partial charge >= 0.3 is 0 Å². The third-order valence-corrected chi connectivity index (χ3v) is 3.65. The Morgan fingerprint density at radius 2 is 1.42 bits per heavy atom. The Hall–Kier alpha value is -2.91. The highest BCUT2D eigenvalue weighted by Gasteiger charge is 2.08. The first-order valence-electron chi connectivity index (χ1n) is 7.48. The van der Waals surface area contributed by atoms with Crippen molar-refractivity contribution in [2.75, 3.05) is 0 Å². The summed E-state index contributed by atoms with van der Waals surface area (Å²) in [6.07, 6.45) is 1.48. The molecule has 0 heterocycles. The minimum absolute atomic E-state index is 0.548. The van der Waals surface area contributed by atoms with E-state index in [2.05, 4.69) is 4.99 Å². The Balaban J connectivity index is 2.05. The van der Waals surface area contributed by atoms with Gasteiger partial charge in [-0.2, -0.15) is 4.74 Å². The molecule has 3 rings (SSSR count). The van der Waals surface area contributed by atoms with Crippen molar-refractivity contribution >= 4 is 34.9 Å². The molecular formula is C20H15ClN2O. The molecule has 0 radical (unpaired) electrons. The average molecular weight is 335 g/mol. The molecular weight excluding hydrogens is 320 g/mol. The molecule has 3 nitrogen and oxygen atoms in total. The van der Waals surface area contributed by atoms with Gasteiger partial charge in [-0.25, -0.2) is 4.99 Å². The summed E-state index contributed by atoms with van der Waals surface area (Å²) in [5.41, 5.74) is 2.71. The van der Waals surface area contributed by atoms with Gasteiger partial charge in [-0.3, -0.25) is 0 Å². The third kappa shape index (κ3) is 4.09. The zero-order chi connectivity index (χ0) is 16.8. The van der Waals surface area contributed by atoms with Crippen molar-refractivity contribution in [1.82, 2.24) is 0 Å². The van der Waals surface area contributed by atoms with E-state index in [0.717, 1.165) is 16.0 Å². The summed E-state index contributed by atoms with van der Waals surface area (Å²) in [7, 11) is 0. The molecule has 0 aromatic heterocycles. The Morgan fingerprint density at radius 3 is 2.04 bits per heavy atom. The number of rotatable bonds is 4. The summed E-state index contributed by atoms with van der Waals surface area (Å²) in [5.74, 6) is 0. The monoisotopic (exact) mass is 334 g/mol. The van der Waals surface area contributed by atoms with E-state index in [0.29, 0.717) is 16.4 Å². The van der Waals surface area contributed by atoms with Gasteiger partial charge in [-0.15, -0.1) is 0 Å². The fourth-order valence-corrected chi connectivity index (χ4v) is 2.32. The largest absolute Gasteiger partial charge is 0.618 e. The maximum absolute atomic E-state index is 12.4. The SMILES string of the molecule is [O-]/[N+](=C\C(=Nc1ccccc1)c1ccc(Cl)cc1)c1ccccc1. The van der Waals surface area contributed by atoms with E-state index >= 15 is 0 Å². The summed E-state index contributed by atoms with van der Waals surface area (Å²) in [4.78, 5) is 4.60. The molecule has 4 heteroatoms. The first-order chi connectivity index (χ1) is 11.7. The number of halogens is 1. The van der Waals surface area contributed by atoms with E-state index in [9.17, 15) is 5.21 Å². The van der Waals surface area contributed by atoms with Crippen molar-refractivity contribution in [2.45, 2.75) is 0 Å². The number of nitrogens with zero attached hydrogens (tertiary/aromatic N) is 2. The van der Waals surface area contributed by atoms with Gasteiger partial charge in [0.2, 0.25) is 11.9 Å². The highest BCUT2D eigenvalue weighted by Crippen LogP contribution is 2.16. The second-order valence-corrected chi connectivity index (χ2v) is 5.57. The smallest absolute Gasteiger partial charge is 0.216 e. The van der Waals surface area contributed by atoms with E-state index in [1.807, 2.05) is 60.7 Å². The van der Waals surface area contributed by atoms with E-state index < -0.39 is 0 Å². The number of hydrogen-bond acceptors (Lipinski definition) is 2. The molecule has 0 saturated carbocycles. The van der Waals surface area contributed by atoms with E-state index in [1.165, 1.54) is 6.21 Å². The quantitative estimate of drug-likeness (QED) is 0.273. The standard InChI is InChI=1S/C20H15ClN2O/c21-17-13-11-16(12-14-17)20(22-18-7-3-1-4-8-18)15-23(24)19-9-5-2-6-10-19/h1-15H/b22-20?,23-15-. The molecule has 0 aliphatic rings. The first-order valence-corrected chi connectivity index (χ1v) is 7.86. The minimum Gasteiger partial charge on any atom is -0.618 e. The van der Waals surface area contributed by atoms with Crippen LogP contribution < -0.4 is 0 Å². The molecule has 0 N–H and O–H groups in total. The van der Waals surface area contributed by atoms with E-state index in [-0.39, 0.29) is 0 Å². The van der Waals surface area contributed by atoms with Crippen LogP contribution in [0, 0.1) is 5.21 Å². The van der Waals surface area contributed by atoms with Gasteiger partial charge in [0.15, 0.2) is 0 Å². The normalized spacial score (nSPS) is 12.2. The molecule has 0 fully saturated rings. The lowest BCUT2D eigenvalue weighted by Gasteiger charge is -2.05. The summed E-state index contributed by atoms with van der Waals surface area (Å²) in [6, 6.07) is 25.8. The molecule has 0 unspecified atom stereocenters. The number of aliphatic imine (C=N–C) groups is 1. The Morgan fingerprint density at radius 1 is 0.833 bits per heavy atom. The number of benzene rings is 3. The van der Waals surface area contributed by atoms with Crippen molar-refractivity contribution in [3.8, 4) is 0 Å². The van der Waals surface area contributed by atoms with Gasteiger partial charge in [0.1, 0.15) is 5.71 Å². The number of hydrogen-bond donors (Lipinski definition) is 0. The summed E-state index contributed by atoms with van der Waals surface area (Å²) in [5, 5.41) is 13.1. The topological polar surface area (TPSA) is 38.4 Å². The maximum atomic E-state index is 12.4. The molecule has 24 heavy (non-hydrogen) atoms. The van der Waals surface area contributed by atoms with Gasteiger partial charge < -0.3 is 5.21 Å². The Labute approximate surface area is 145 Å². The zero-order valence-electron chi connectivity index (χ0n) is 12.8. The van der Waals surface area contributed by atoms with Crippen LogP contribution in [0.5, 0.6) is 0 Å². The van der Waals surface area contributed by atoms with Crippen LogP contribution >= 0.6 is 11.6 Å². The third-order valence-electron chi connectivity index (χ3n) is 3.40. The van der Waals surface area contributed by atoms with Crippen LogP contribution in [0.1, 0.15) is 5.56 Å². The van der Waals surface area contributed by atoms with Gasteiger partial charge in [0.05, 0.1) is 5.69 Å². The molecule has 0 saturated heterocycles. The molecule has 118 valence electrons. The van der Waals surface area contributed by atoms with E-state index in [4.69, 9.17) is 11.6 Å². The van der Waals surface area contributed by atoms with E-state index in [1.54, 1.807) is 24.3 Å². The second kappa shape index (κ2) is 7.57. The van der Waals surface area contributed by atoms with Crippen LogP contribution in [-0.2, 0) is 0 Å². The molecule has 0 aliphatic heterocycles. The second-order valence-electron chi connectivity index (χ2n) is 5.13. The maximum Gasteiger partial charge on any atom is 0.216 e. The van der Waals surface area contributed by atoms with Crippen LogP contribution in [0.25, 0.3) is 0 Å². The fourth-order valence-electron chi connectivity index (χ4n) is 2.19. The molecule has 0 atom stereocenters. The fraction of sp³-hybridized carbons (Fsp3) is 0. The van der Waals surface area contributed by atoms with Gasteiger partial charge in [-0.05, 0) is 24.3 Å². The van der Waals surface area contributed by atoms with Crippen molar-refractivity contribution < 1.29 is 4.74 Å². The summed E-state index contributed by atoms with van der Waals surface area (Å²) >= 11 is 5.96. The van der Waals surface area contributed by atoms with Gasteiger partial charge in [0.25, 0.3) is 0 Å². The van der Waals surface area contributed by atoms with Crippen LogP contribution in [0.3, 0.4) is 0 Å². The molecule has 3 aromatic carbocycles. The van der Waals surface area contributed by atoms with Crippen molar-refractivity contribution in [1.29, 1.82) is 0 Å². The predicted molar refractivity (Wildman–Crippen MR) is 99.9 cm³/mol. The Kier molecular flexibility index (Phi) is 5.04. The molecule has 0 spiro atoms. The molecule has 0 bridgehead atoms. The molecule has 0 aliphatic carbocycles. The average Bonchev–Trinajstić information content (AvgIpc) is 2.63. The first kappa shape index (κ1) is 16.0. The summed E-state index contributed by atoms with van der Waals surface area (Å²) in [6.45, 7) is 0. The lowest BCUT2D eigenvalue weighted by molar-refractivity contribution is -0.353. The Bertz CT molecular complexity index is 857. The van der Waals surface area contributed by atoms with Crippen LogP contribution in [0.4, 0.5) is 11.4 Å². The van der Waals surface area contributed by atoms with Crippen molar-refractivity contribution in [2.24, 2.45) is 4.99 Å². The van der Waals surface area contributed by atoms with Crippen LogP contribution in [0.2, 0.25) is 5.02 Å². The zero-order valence-corrected chi connectivity index (χ0v) is 13.6. The lowest BCUT2D eigenvalue weighted by Crippen LogP contribution is -2.10. The lowest BCUT2D eigenvalue weighted by atomic mass is 10.1. The van der Waals surface area contributed by atoms with Crippen molar-refractivity contribution in [3.63, 3.8) is 0 Å². The predicted octanol–water partition coefficient (Wildman–Crippen LogP) is 5.37.